The Morgan fingerprint density at radius 2 is 2.13 bits per heavy atom. The molecule has 7 heteroatoms. The van der Waals surface area contributed by atoms with Gasteiger partial charge in [0.1, 0.15) is 11.6 Å². The van der Waals surface area contributed by atoms with Gasteiger partial charge in [0.05, 0.1) is 12.2 Å². The van der Waals surface area contributed by atoms with E-state index in [9.17, 15) is 4.79 Å². The number of amides is 1. The largest absolute Gasteiger partial charge is 0.333 e. The first-order valence-corrected chi connectivity index (χ1v) is 7.79. The molecule has 1 aliphatic heterocycles. The molecule has 1 saturated heterocycles. The number of carbonyl (C=O) groups excluding carboxylic acids is 1. The smallest absolute Gasteiger partial charge is 0.220 e. The number of carbonyl (C=O) groups is 1. The van der Waals surface area contributed by atoms with E-state index in [1.807, 2.05) is 17.9 Å². The standard InChI is InChI=1S/C16H20N6O/c1-11-9-14(20-15-10-17-6-7-18-15)21-16(19-11)13-5-3-4-8-22(13)12(2)23/h6-7,9-10,13H,3-5,8H2,1-2H3,(H,18,19,20,21)/t13-/m0/s1. The molecular weight excluding hydrogens is 292 g/mol. The summed E-state index contributed by atoms with van der Waals surface area (Å²) in [7, 11) is 0. The van der Waals surface area contributed by atoms with Crippen LogP contribution in [-0.2, 0) is 4.79 Å². The summed E-state index contributed by atoms with van der Waals surface area (Å²) >= 11 is 0. The molecule has 0 bridgehead atoms. The predicted octanol–water partition coefficient (Wildman–Crippen LogP) is 2.39. The topological polar surface area (TPSA) is 83.9 Å². The lowest BCUT2D eigenvalue weighted by Crippen LogP contribution is -2.37. The molecule has 0 saturated carbocycles. The van der Waals surface area contributed by atoms with Crippen molar-refractivity contribution in [3.8, 4) is 0 Å². The summed E-state index contributed by atoms with van der Waals surface area (Å²) in [6.07, 6.45) is 7.89. The molecule has 0 spiro atoms. The number of rotatable bonds is 3. The fourth-order valence-corrected chi connectivity index (χ4v) is 2.88. The predicted molar refractivity (Wildman–Crippen MR) is 86.1 cm³/mol. The molecule has 23 heavy (non-hydrogen) atoms. The second kappa shape index (κ2) is 6.68. The molecule has 1 atom stereocenters. The van der Waals surface area contributed by atoms with Crippen molar-refractivity contribution in [1.82, 2.24) is 24.8 Å². The third kappa shape index (κ3) is 3.61. The van der Waals surface area contributed by atoms with E-state index >= 15 is 0 Å². The number of hydrogen-bond acceptors (Lipinski definition) is 6. The highest BCUT2D eigenvalue weighted by atomic mass is 16.2. The number of aromatic nitrogens is 4. The third-order valence-corrected chi connectivity index (χ3v) is 3.90. The second-order valence-corrected chi connectivity index (χ2v) is 5.69. The van der Waals surface area contributed by atoms with Gasteiger partial charge in [-0.3, -0.25) is 9.78 Å². The molecule has 1 fully saturated rings. The molecule has 1 aliphatic rings. The van der Waals surface area contributed by atoms with Crippen molar-refractivity contribution in [3.63, 3.8) is 0 Å². The van der Waals surface area contributed by atoms with Gasteiger partial charge in [-0.05, 0) is 26.2 Å². The molecular formula is C16H20N6O. The minimum Gasteiger partial charge on any atom is -0.333 e. The Hall–Kier alpha value is -2.57. The molecule has 120 valence electrons. The molecule has 2 aromatic rings. The summed E-state index contributed by atoms with van der Waals surface area (Å²) in [6, 6.07) is 1.81. The van der Waals surface area contributed by atoms with E-state index in [2.05, 4.69) is 25.3 Å². The Kier molecular flexibility index (Phi) is 4.45. The lowest BCUT2D eigenvalue weighted by atomic mass is 10.0. The molecule has 2 aromatic heterocycles. The van der Waals surface area contributed by atoms with Gasteiger partial charge in [0, 0.05) is 37.6 Å². The molecule has 0 radical (unpaired) electrons. The maximum absolute atomic E-state index is 11.9. The molecule has 1 amide bonds. The van der Waals surface area contributed by atoms with Crippen LogP contribution in [0.1, 0.15) is 43.7 Å². The zero-order valence-corrected chi connectivity index (χ0v) is 13.4. The minimum absolute atomic E-state index is 0.0523. The van der Waals surface area contributed by atoms with Crippen LogP contribution in [0.5, 0.6) is 0 Å². The van der Waals surface area contributed by atoms with Gasteiger partial charge >= 0.3 is 0 Å². The number of hydrogen-bond donors (Lipinski definition) is 1. The van der Waals surface area contributed by atoms with Gasteiger partial charge < -0.3 is 10.2 Å². The molecule has 7 nitrogen and oxygen atoms in total. The number of nitrogens with zero attached hydrogens (tertiary/aromatic N) is 5. The van der Waals surface area contributed by atoms with Gasteiger partial charge in [0.15, 0.2) is 5.82 Å². The first-order chi connectivity index (χ1) is 11.1. The van der Waals surface area contributed by atoms with Crippen molar-refractivity contribution in [2.24, 2.45) is 0 Å². The van der Waals surface area contributed by atoms with Crippen molar-refractivity contribution in [3.05, 3.63) is 36.2 Å². The van der Waals surface area contributed by atoms with Gasteiger partial charge in [-0.2, -0.15) is 0 Å². The number of likely N-dealkylation sites (tertiary alicyclic amines) is 1. The third-order valence-electron chi connectivity index (χ3n) is 3.90. The van der Waals surface area contributed by atoms with Crippen molar-refractivity contribution < 1.29 is 4.79 Å². The Morgan fingerprint density at radius 3 is 2.87 bits per heavy atom. The van der Waals surface area contributed by atoms with Crippen LogP contribution in [0.4, 0.5) is 11.6 Å². The van der Waals surface area contributed by atoms with E-state index in [4.69, 9.17) is 0 Å². The van der Waals surface area contributed by atoms with Crippen molar-refractivity contribution >= 4 is 17.5 Å². The summed E-state index contributed by atoms with van der Waals surface area (Å²) in [6.45, 7) is 4.30. The SMILES string of the molecule is CC(=O)N1CCCC[C@H]1c1nc(C)cc(Nc2cnccn2)n1. The summed E-state index contributed by atoms with van der Waals surface area (Å²) in [5.74, 6) is 2.06. The van der Waals surface area contributed by atoms with E-state index in [0.717, 1.165) is 31.5 Å². The average molecular weight is 312 g/mol. The fourth-order valence-electron chi connectivity index (χ4n) is 2.88. The first-order valence-electron chi connectivity index (χ1n) is 7.79. The van der Waals surface area contributed by atoms with Crippen LogP contribution in [0, 0.1) is 6.92 Å². The van der Waals surface area contributed by atoms with E-state index in [0.29, 0.717) is 17.5 Å². The van der Waals surface area contributed by atoms with Gasteiger partial charge in [-0.25, -0.2) is 15.0 Å². The highest BCUT2D eigenvalue weighted by Crippen LogP contribution is 2.29. The molecule has 0 aliphatic carbocycles. The van der Waals surface area contributed by atoms with Crippen LogP contribution in [0.2, 0.25) is 0 Å². The van der Waals surface area contributed by atoms with E-state index in [1.165, 1.54) is 0 Å². The summed E-state index contributed by atoms with van der Waals surface area (Å²) in [5, 5.41) is 3.14. The highest BCUT2D eigenvalue weighted by molar-refractivity contribution is 5.73. The number of aryl methyl sites for hydroxylation is 1. The first kappa shape index (κ1) is 15.3. The van der Waals surface area contributed by atoms with Crippen molar-refractivity contribution in [2.45, 2.75) is 39.2 Å². The lowest BCUT2D eigenvalue weighted by molar-refractivity contribution is -0.132. The second-order valence-electron chi connectivity index (χ2n) is 5.69. The average Bonchev–Trinajstić information content (AvgIpc) is 2.55. The quantitative estimate of drug-likeness (QED) is 0.937. The van der Waals surface area contributed by atoms with Crippen LogP contribution in [0.15, 0.2) is 24.7 Å². The van der Waals surface area contributed by atoms with Gasteiger partial charge in [0.25, 0.3) is 0 Å². The Morgan fingerprint density at radius 1 is 1.26 bits per heavy atom. The van der Waals surface area contributed by atoms with Crippen LogP contribution in [0.3, 0.4) is 0 Å². The highest BCUT2D eigenvalue weighted by Gasteiger charge is 2.28. The van der Waals surface area contributed by atoms with E-state index in [-0.39, 0.29) is 11.9 Å². The van der Waals surface area contributed by atoms with Crippen molar-refractivity contribution in [2.75, 3.05) is 11.9 Å². The molecule has 3 heterocycles. The zero-order chi connectivity index (χ0) is 16.2. The number of piperidine rings is 1. The van der Waals surface area contributed by atoms with E-state index in [1.54, 1.807) is 25.5 Å². The van der Waals surface area contributed by atoms with Crippen LogP contribution in [0.25, 0.3) is 0 Å². The summed E-state index contributed by atoms with van der Waals surface area (Å²) in [4.78, 5) is 31.1. The molecule has 1 N–H and O–H groups in total. The maximum atomic E-state index is 11.9. The van der Waals surface area contributed by atoms with Crippen LogP contribution in [-0.4, -0.2) is 37.3 Å². The molecule has 3 rings (SSSR count). The normalized spacial score (nSPS) is 17.8. The van der Waals surface area contributed by atoms with Gasteiger partial charge in [-0.1, -0.05) is 0 Å². The summed E-state index contributed by atoms with van der Waals surface area (Å²) < 4.78 is 0. The van der Waals surface area contributed by atoms with Crippen molar-refractivity contribution in [1.29, 1.82) is 0 Å². The van der Waals surface area contributed by atoms with Crippen LogP contribution < -0.4 is 5.32 Å². The maximum Gasteiger partial charge on any atom is 0.220 e. The Balaban J connectivity index is 1.89. The summed E-state index contributed by atoms with van der Waals surface area (Å²) in [5.41, 5.74) is 0.857. The fraction of sp³-hybridized carbons (Fsp3) is 0.438. The zero-order valence-electron chi connectivity index (χ0n) is 13.4. The monoisotopic (exact) mass is 312 g/mol. The Bertz CT molecular complexity index is 690. The van der Waals surface area contributed by atoms with Gasteiger partial charge in [-0.15, -0.1) is 0 Å². The van der Waals surface area contributed by atoms with Crippen LogP contribution >= 0.6 is 0 Å². The van der Waals surface area contributed by atoms with E-state index < -0.39 is 0 Å². The minimum atomic E-state index is -0.0523. The molecule has 0 aromatic carbocycles. The lowest BCUT2D eigenvalue weighted by Gasteiger charge is -2.34. The Labute approximate surface area is 135 Å². The van der Waals surface area contributed by atoms with Gasteiger partial charge in [0.2, 0.25) is 5.91 Å². The molecule has 0 unspecified atom stereocenters. The number of nitrogens with one attached hydrogen (secondary N) is 1. The number of anilines is 2.